The first-order valence-corrected chi connectivity index (χ1v) is 8.77. The molecule has 0 fully saturated rings. The Labute approximate surface area is 163 Å². The van der Waals surface area contributed by atoms with Crippen LogP contribution in [0, 0.1) is 13.8 Å². The number of hydrogen-bond donors (Lipinski definition) is 1. The lowest BCUT2D eigenvalue weighted by molar-refractivity contribution is -0.118. The number of ether oxygens (including phenoxy) is 3. The van der Waals surface area contributed by atoms with E-state index in [4.69, 9.17) is 14.2 Å². The van der Waals surface area contributed by atoms with Gasteiger partial charge in [0.05, 0.1) is 19.9 Å². The van der Waals surface area contributed by atoms with E-state index in [-0.39, 0.29) is 12.5 Å². The third kappa shape index (κ3) is 4.25. The van der Waals surface area contributed by atoms with Crippen LogP contribution in [0.3, 0.4) is 0 Å². The standard InChI is InChI=1S/C21H23N3O4/c1-14-5-6-15(2)17(11-14)23-20(25)13-28-21-22-9-10-24(21)18-8-7-16(26-3)12-19(18)27-4/h5-12H,13H2,1-4H3,(H,23,25). The van der Waals surface area contributed by atoms with Gasteiger partial charge in [0.15, 0.2) is 6.61 Å². The highest BCUT2D eigenvalue weighted by Crippen LogP contribution is 2.30. The largest absolute Gasteiger partial charge is 0.497 e. The van der Waals surface area contributed by atoms with Crippen molar-refractivity contribution < 1.29 is 19.0 Å². The predicted molar refractivity (Wildman–Crippen MR) is 107 cm³/mol. The lowest BCUT2D eigenvalue weighted by Gasteiger charge is -2.14. The molecule has 0 atom stereocenters. The Bertz CT molecular complexity index is 982. The first kappa shape index (κ1) is 19.3. The van der Waals surface area contributed by atoms with E-state index in [1.165, 1.54) is 0 Å². The van der Waals surface area contributed by atoms with Gasteiger partial charge in [0, 0.05) is 24.1 Å². The number of amides is 1. The van der Waals surface area contributed by atoms with Crippen molar-refractivity contribution in [1.82, 2.24) is 9.55 Å². The van der Waals surface area contributed by atoms with E-state index < -0.39 is 0 Å². The number of anilines is 1. The molecule has 0 aliphatic carbocycles. The minimum Gasteiger partial charge on any atom is -0.497 e. The lowest BCUT2D eigenvalue weighted by atomic mass is 10.1. The summed E-state index contributed by atoms with van der Waals surface area (Å²) in [5.74, 6) is 1.02. The molecule has 2 aromatic carbocycles. The van der Waals surface area contributed by atoms with Gasteiger partial charge in [-0.1, -0.05) is 12.1 Å². The maximum absolute atomic E-state index is 12.3. The van der Waals surface area contributed by atoms with Gasteiger partial charge in [-0.15, -0.1) is 0 Å². The van der Waals surface area contributed by atoms with Gasteiger partial charge < -0.3 is 19.5 Å². The zero-order chi connectivity index (χ0) is 20.1. The van der Waals surface area contributed by atoms with Crippen molar-refractivity contribution >= 4 is 11.6 Å². The Kier molecular flexibility index (Phi) is 5.84. The summed E-state index contributed by atoms with van der Waals surface area (Å²) in [6.45, 7) is 3.76. The fourth-order valence-corrected chi connectivity index (χ4v) is 2.75. The SMILES string of the molecule is COc1ccc(-n2ccnc2OCC(=O)Nc2cc(C)ccc2C)c(OC)c1. The van der Waals surface area contributed by atoms with Crippen LogP contribution >= 0.6 is 0 Å². The fraction of sp³-hybridized carbons (Fsp3) is 0.238. The van der Waals surface area contributed by atoms with Crippen molar-refractivity contribution in [3.63, 3.8) is 0 Å². The first-order chi connectivity index (χ1) is 13.5. The van der Waals surface area contributed by atoms with E-state index in [0.29, 0.717) is 17.5 Å². The average Bonchev–Trinajstić information content (AvgIpc) is 3.17. The molecule has 0 spiro atoms. The van der Waals surface area contributed by atoms with Crippen LogP contribution in [0.1, 0.15) is 11.1 Å². The summed E-state index contributed by atoms with van der Waals surface area (Å²) in [4.78, 5) is 16.5. The van der Waals surface area contributed by atoms with E-state index >= 15 is 0 Å². The molecule has 1 N–H and O–H groups in total. The summed E-state index contributed by atoms with van der Waals surface area (Å²) in [6, 6.07) is 11.6. The Hall–Kier alpha value is -3.48. The Morgan fingerprint density at radius 2 is 1.93 bits per heavy atom. The molecule has 0 aliphatic rings. The number of carbonyl (C=O) groups excluding carboxylic acids is 1. The Balaban J connectivity index is 1.73. The summed E-state index contributed by atoms with van der Waals surface area (Å²) in [7, 11) is 3.17. The van der Waals surface area contributed by atoms with Crippen molar-refractivity contribution in [3.05, 3.63) is 59.9 Å². The number of nitrogens with zero attached hydrogens (tertiary/aromatic N) is 2. The quantitative estimate of drug-likeness (QED) is 0.678. The average molecular weight is 381 g/mol. The Morgan fingerprint density at radius 3 is 2.68 bits per heavy atom. The molecule has 1 heterocycles. The second kappa shape index (κ2) is 8.47. The smallest absolute Gasteiger partial charge is 0.301 e. The molecule has 0 bridgehead atoms. The van der Waals surface area contributed by atoms with E-state index in [1.54, 1.807) is 37.2 Å². The van der Waals surface area contributed by atoms with Crippen LogP contribution in [-0.2, 0) is 4.79 Å². The molecule has 0 saturated carbocycles. The summed E-state index contributed by atoms with van der Waals surface area (Å²) in [5.41, 5.74) is 3.56. The second-order valence-corrected chi connectivity index (χ2v) is 6.27. The zero-order valence-electron chi connectivity index (χ0n) is 16.4. The molecule has 28 heavy (non-hydrogen) atoms. The number of aryl methyl sites for hydroxylation is 2. The maximum Gasteiger partial charge on any atom is 0.301 e. The summed E-state index contributed by atoms with van der Waals surface area (Å²) in [6.07, 6.45) is 3.34. The van der Waals surface area contributed by atoms with Crippen molar-refractivity contribution in [3.8, 4) is 23.2 Å². The normalized spacial score (nSPS) is 10.4. The molecule has 1 aromatic heterocycles. The molecule has 0 radical (unpaired) electrons. The van der Waals surface area contributed by atoms with Gasteiger partial charge in [-0.05, 0) is 43.2 Å². The number of rotatable bonds is 7. The topological polar surface area (TPSA) is 74.6 Å². The van der Waals surface area contributed by atoms with Crippen molar-refractivity contribution in [2.45, 2.75) is 13.8 Å². The van der Waals surface area contributed by atoms with Gasteiger partial charge >= 0.3 is 6.01 Å². The third-order valence-corrected chi connectivity index (χ3v) is 4.25. The van der Waals surface area contributed by atoms with Crippen molar-refractivity contribution in [2.24, 2.45) is 0 Å². The number of nitrogens with one attached hydrogen (secondary N) is 1. The van der Waals surface area contributed by atoms with E-state index in [1.807, 2.05) is 44.2 Å². The zero-order valence-corrected chi connectivity index (χ0v) is 16.4. The van der Waals surface area contributed by atoms with Crippen LogP contribution in [0.4, 0.5) is 5.69 Å². The number of carbonyl (C=O) groups is 1. The molecule has 146 valence electrons. The lowest BCUT2D eigenvalue weighted by Crippen LogP contribution is -2.21. The van der Waals surface area contributed by atoms with Crippen LogP contribution in [0.15, 0.2) is 48.8 Å². The molecule has 1 amide bonds. The van der Waals surface area contributed by atoms with Crippen LogP contribution in [-0.4, -0.2) is 36.3 Å². The molecule has 7 nitrogen and oxygen atoms in total. The van der Waals surface area contributed by atoms with Gasteiger partial charge in [0.25, 0.3) is 5.91 Å². The molecule has 3 aromatic rings. The second-order valence-electron chi connectivity index (χ2n) is 6.27. The molecular formula is C21H23N3O4. The van der Waals surface area contributed by atoms with Crippen molar-refractivity contribution in [1.29, 1.82) is 0 Å². The molecular weight excluding hydrogens is 358 g/mol. The molecule has 0 unspecified atom stereocenters. The number of benzene rings is 2. The Morgan fingerprint density at radius 1 is 1.11 bits per heavy atom. The highest BCUT2D eigenvalue weighted by molar-refractivity contribution is 5.92. The number of aromatic nitrogens is 2. The minimum atomic E-state index is -0.259. The number of hydrogen-bond acceptors (Lipinski definition) is 5. The molecule has 7 heteroatoms. The number of methoxy groups -OCH3 is 2. The van der Waals surface area contributed by atoms with E-state index in [2.05, 4.69) is 10.3 Å². The summed E-state index contributed by atoms with van der Waals surface area (Å²) in [5, 5.41) is 2.87. The van der Waals surface area contributed by atoms with E-state index in [0.717, 1.165) is 22.5 Å². The minimum absolute atomic E-state index is 0.164. The van der Waals surface area contributed by atoms with Gasteiger partial charge in [-0.3, -0.25) is 9.36 Å². The molecule has 0 saturated heterocycles. The third-order valence-electron chi connectivity index (χ3n) is 4.25. The first-order valence-electron chi connectivity index (χ1n) is 8.77. The van der Waals surface area contributed by atoms with Crippen molar-refractivity contribution in [2.75, 3.05) is 26.1 Å². The predicted octanol–water partition coefficient (Wildman–Crippen LogP) is 3.52. The fourth-order valence-electron chi connectivity index (χ4n) is 2.75. The molecule has 0 aliphatic heterocycles. The van der Waals surface area contributed by atoms with Gasteiger partial charge in [-0.25, -0.2) is 4.98 Å². The van der Waals surface area contributed by atoms with Crippen LogP contribution in [0.2, 0.25) is 0 Å². The van der Waals surface area contributed by atoms with Gasteiger partial charge in [0.1, 0.15) is 11.5 Å². The van der Waals surface area contributed by atoms with Crippen LogP contribution in [0.25, 0.3) is 5.69 Å². The van der Waals surface area contributed by atoms with Gasteiger partial charge in [0.2, 0.25) is 0 Å². The highest BCUT2D eigenvalue weighted by Gasteiger charge is 2.14. The van der Waals surface area contributed by atoms with Crippen LogP contribution < -0.4 is 19.5 Å². The van der Waals surface area contributed by atoms with Crippen LogP contribution in [0.5, 0.6) is 17.5 Å². The summed E-state index contributed by atoms with van der Waals surface area (Å²) >= 11 is 0. The summed E-state index contributed by atoms with van der Waals surface area (Å²) < 4.78 is 18.0. The number of imidazole rings is 1. The van der Waals surface area contributed by atoms with E-state index in [9.17, 15) is 4.79 Å². The molecule has 3 rings (SSSR count). The van der Waals surface area contributed by atoms with Gasteiger partial charge in [-0.2, -0.15) is 0 Å². The highest BCUT2D eigenvalue weighted by atomic mass is 16.5. The monoisotopic (exact) mass is 381 g/mol. The maximum atomic E-state index is 12.3.